The van der Waals surface area contributed by atoms with Gasteiger partial charge in [-0.25, -0.2) is 4.98 Å². The molecule has 3 aromatic carbocycles. The van der Waals surface area contributed by atoms with Gasteiger partial charge in [-0.3, -0.25) is 9.59 Å². The molecule has 7 nitrogen and oxygen atoms in total. The standard InChI is InChI=1S/C28H30N4O3/c1-31(19-21-9-4-3-5-10-21)27(33)20-32-25-12-7-6-11-24(25)30-26(32)13-8-18-29-28(34)22-14-16-23(35-2)17-15-22/h3-7,9-12,14-17H,8,13,18-20H2,1-2H3,(H,29,34). The zero-order chi connectivity index (χ0) is 24.6. The van der Waals surface area contributed by atoms with Gasteiger partial charge in [-0.1, -0.05) is 42.5 Å². The van der Waals surface area contributed by atoms with Crippen LogP contribution < -0.4 is 10.1 Å². The Bertz CT molecular complexity index is 1280. The number of hydrogen-bond acceptors (Lipinski definition) is 4. The second-order valence-electron chi connectivity index (χ2n) is 8.43. The third-order valence-corrected chi connectivity index (χ3v) is 5.93. The van der Waals surface area contributed by atoms with E-state index in [4.69, 9.17) is 9.72 Å². The van der Waals surface area contributed by atoms with Crippen molar-refractivity contribution in [3.05, 3.63) is 95.8 Å². The van der Waals surface area contributed by atoms with E-state index in [1.54, 1.807) is 36.3 Å². The number of rotatable bonds is 10. The van der Waals surface area contributed by atoms with Crippen molar-refractivity contribution in [2.24, 2.45) is 0 Å². The van der Waals surface area contributed by atoms with E-state index in [0.717, 1.165) is 22.4 Å². The molecule has 4 aromatic rings. The first kappa shape index (κ1) is 24.0. The molecule has 1 N–H and O–H groups in total. The average Bonchev–Trinajstić information content (AvgIpc) is 3.24. The van der Waals surface area contributed by atoms with Gasteiger partial charge in [0.25, 0.3) is 5.91 Å². The second-order valence-corrected chi connectivity index (χ2v) is 8.43. The Balaban J connectivity index is 1.38. The number of carbonyl (C=O) groups is 2. The number of likely N-dealkylation sites (N-methyl/N-ethyl adjacent to an activating group) is 1. The number of nitrogens with one attached hydrogen (secondary N) is 1. The maximum Gasteiger partial charge on any atom is 0.251 e. The minimum atomic E-state index is -0.126. The number of para-hydroxylation sites is 2. The summed E-state index contributed by atoms with van der Waals surface area (Å²) in [6.45, 7) is 1.28. The molecule has 0 saturated carbocycles. The van der Waals surface area contributed by atoms with Gasteiger partial charge >= 0.3 is 0 Å². The number of amides is 2. The average molecular weight is 471 g/mol. The summed E-state index contributed by atoms with van der Waals surface area (Å²) in [5, 5.41) is 2.95. The Hall–Kier alpha value is -4.13. The number of hydrogen-bond donors (Lipinski definition) is 1. The quantitative estimate of drug-likeness (QED) is 0.355. The molecule has 0 bridgehead atoms. The molecule has 7 heteroatoms. The van der Waals surface area contributed by atoms with Gasteiger partial charge in [-0.2, -0.15) is 0 Å². The van der Waals surface area contributed by atoms with E-state index >= 15 is 0 Å². The summed E-state index contributed by atoms with van der Waals surface area (Å²) in [6, 6.07) is 24.8. The van der Waals surface area contributed by atoms with Crippen molar-refractivity contribution < 1.29 is 14.3 Å². The molecule has 0 aliphatic carbocycles. The van der Waals surface area contributed by atoms with Gasteiger partial charge in [-0.05, 0) is 48.4 Å². The summed E-state index contributed by atoms with van der Waals surface area (Å²) < 4.78 is 7.13. The molecule has 0 saturated heterocycles. The van der Waals surface area contributed by atoms with E-state index in [0.29, 0.717) is 37.2 Å². The van der Waals surface area contributed by atoms with Gasteiger partial charge < -0.3 is 19.5 Å². The molecule has 0 aliphatic rings. The lowest BCUT2D eigenvalue weighted by molar-refractivity contribution is -0.131. The molecule has 4 rings (SSSR count). The molecule has 0 radical (unpaired) electrons. The first-order valence-electron chi connectivity index (χ1n) is 11.7. The Morgan fingerprint density at radius 3 is 2.43 bits per heavy atom. The van der Waals surface area contributed by atoms with Crippen LogP contribution in [0.2, 0.25) is 0 Å². The van der Waals surface area contributed by atoms with Crippen LogP contribution in [0.15, 0.2) is 78.9 Å². The number of benzene rings is 3. The molecular formula is C28H30N4O3. The highest BCUT2D eigenvalue weighted by Gasteiger charge is 2.16. The normalized spacial score (nSPS) is 10.8. The fourth-order valence-corrected chi connectivity index (χ4v) is 3.99. The summed E-state index contributed by atoms with van der Waals surface area (Å²) in [5.74, 6) is 1.45. The third-order valence-electron chi connectivity index (χ3n) is 5.93. The van der Waals surface area contributed by atoms with Crippen molar-refractivity contribution in [3.8, 4) is 5.75 Å². The predicted octanol–water partition coefficient (Wildman–Crippen LogP) is 4.07. The number of carbonyl (C=O) groups excluding carboxylic acids is 2. The smallest absolute Gasteiger partial charge is 0.251 e. The van der Waals surface area contributed by atoms with Crippen molar-refractivity contribution in [2.75, 3.05) is 20.7 Å². The molecule has 35 heavy (non-hydrogen) atoms. The SMILES string of the molecule is COc1ccc(C(=O)NCCCc2nc3ccccc3n2CC(=O)N(C)Cc2ccccc2)cc1. The fourth-order valence-electron chi connectivity index (χ4n) is 3.99. The monoisotopic (exact) mass is 470 g/mol. The number of methoxy groups -OCH3 is 1. The van der Waals surface area contributed by atoms with E-state index in [2.05, 4.69) is 5.32 Å². The van der Waals surface area contributed by atoms with Crippen molar-refractivity contribution in [3.63, 3.8) is 0 Å². The van der Waals surface area contributed by atoms with Crippen LogP contribution in [-0.2, 0) is 24.3 Å². The molecule has 0 unspecified atom stereocenters. The van der Waals surface area contributed by atoms with Crippen LogP contribution in [0.3, 0.4) is 0 Å². The second kappa shape index (κ2) is 11.3. The number of nitrogens with zero attached hydrogens (tertiary/aromatic N) is 3. The van der Waals surface area contributed by atoms with Gasteiger partial charge in [-0.15, -0.1) is 0 Å². The Labute approximate surface area is 205 Å². The summed E-state index contributed by atoms with van der Waals surface area (Å²) in [4.78, 5) is 32.0. The summed E-state index contributed by atoms with van der Waals surface area (Å²) >= 11 is 0. The van der Waals surface area contributed by atoms with Crippen molar-refractivity contribution in [2.45, 2.75) is 25.9 Å². The lowest BCUT2D eigenvalue weighted by atomic mass is 10.2. The molecule has 0 spiro atoms. The number of fused-ring (bicyclic) bond motifs is 1. The first-order valence-corrected chi connectivity index (χ1v) is 11.7. The fraction of sp³-hybridized carbons (Fsp3) is 0.250. The first-order chi connectivity index (χ1) is 17.0. The molecule has 180 valence electrons. The van der Waals surface area contributed by atoms with Crippen LogP contribution in [0.4, 0.5) is 0 Å². The summed E-state index contributed by atoms with van der Waals surface area (Å²) in [5.41, 5.74) is 3.48. The largest absolute Gasteiger partial charge is 0.497 e. The molecule has 0 fully saturated rings. The van der Waals surface area contributed by atoms with Crippen LogP contribution in [0.1, 0.15) is 28.2 Å². The van der Waals surface area contributed by atoms with Crippen LogP contribution in [0.5, 0.6) is 5.75 Å². The zero-order valence-corrected chi connectivity index (χ0v) is 20.1. The highest BCUT2D eigenvalue weighted by molar-refractivity contribution is 5.94. The maximum atomic E-state index is 13.0. The van der Waals surface area contributed by atoms with Crippen molar-refractivity contribution in [1.29, 1.82) is 0 Å². The lowest BCUT2D eigenvalue weighted by Gasteiger charge is -2.19. The molecular weight excluding hydrogens is 440 g/mol. The number of ether oxygens (including phenoxy) is 1. The summed E-state index contributed by atoms with van der Waals surface area (Å²) in [7, 11) is 3.42. The minimum Gasteiger partial charge on any atom is -0.497 e. The number of aryl methyl sites for hydroxylation is 1. The van der Waals surface area contributed by atoms with E-state index in [-0.39, 0.29) is 18.4 Å². The van der Waals surface area contributed by atoms with Gasteiger partial charge in [0.05, 0.1) is 18.1 Å². The van der Waals surface area contributed by atoms with Gasteiger partial charge in [0.15, 0.2) is 0 Å². The zero-order valence-electron chi connectivity index (χ0n) is 20.1. The van der Waals surface area contributed by atoms with Gasteiger partial charge in [0.1, 0.15) is 18.1 Å². The number of aromatic nitrogens is 2. The molecule has 0 atom stereocenters. The van der Waals surface area contributed by atoms with E-state index in [9.17, 15) is 9.59 Å². The minimum absolute atomic E-state index is 0.0195. The van der Waals surface area contributed by atoms with Crippen molar-refractivity contribution >= 4 is 22.8 Å². The predicted molar refractivity (Wildman–Crippen MR) is 136 cm³/mol. The Morgan fingerprint density at radius 2 is 1.69 bits per heavy atom. The van der Waals surface area contributed by atoms with Crippen LogP contribution >= 0.6 is 0 Å². The van der Waals surface area contributed by atoms with E-state index < -0.39 is 0 Å². The Morgan fingerprint density at radius 1 is 0.971 bits per heavy atom. The van der Waals surface area contributed by atoms with Gasteiger partial charge in [0, 0.05) is 32.1 Å². The van der Waals surface area contributed by atoms with Crippen molar-refractivity contribution in [1.82, 2.24) is 19.8 Å². The van der Waals surface area contributed by atoms with Crippen LogP contribution in [-0.4, -0.2) is 47.0 Å². The van der Waals surface area contributed by atoms with Crippen LogP contribution in [0.25, 0.3) is 11.0 Å². The Kier molecular flexibility index (Phi) is 7.77. The maximum absolute atomic E-state index is 13.0. The highest BCUT2D eigenvalue weighted by Crippen LogP contribution is 2.18. The van der Waals surface area contributed by atoms with E-state index in [1.807, 2.05) is 66.2 Å². The van der Waals surface area contributed by atoms with E-state index in [1.165, 1.54) is 0 Å². The number of imidazole rings is 1. The highest BCUT2D eigenvalue weighted by atomic mass is 16.5. The molecule has 1 heterocycles. The lowest BCUT2D eigenvalue weighted by Crippen LogP contribution is -2.30. The molecule has 2 amide bonds. The van der Waals surface area contributed by atoms with Gasteiger partial charge in [0.2, 0.25) is 5.91 Å². The van der Waals surface area contributed by atoms with Crippen LogP contribution in [0, 0.1) is 0 Å². The third kappa shape index (κ3) is 6.06. The molecule has 0 aliphatic heterocycles. The topological polar surface area (TPSA) is 76.5 Å². The molecule has 1 aromatic heterocycles. The summed E-state index contributed by atoms with van der Waals surface area (Å²) in [6.07, 6.45) is 1.35.